The molecule has 0 radical (unpaired) electrons. The van der Waals surface area contributed by atoms with Crippen molar-refractivity contribution >= 4 is 23.2 Å². The molecule has 0 spiro atoms. The number of carbonyl (C=O) groups excluding carboxylic acids is 3. The SMILES string of the molecule is CN(C)[C@H]1C(=O)C(C(=O)NCN[C@H]2[C@H](O)[C@@H](O)[C@H](CO)O[C@H]2O)=C(O)[C@]2(O)C(=O)C3=C(O)c4c(O)cccc4C(C)(O)C3CC12. The average molecular weight is 636 g/mol. The lowest BCUT2D eigenvalue weighted by atomic mass is 9.54. The topological polar surface area (TPSA) is 270 Å². The molecule has 1 saturated heterocycles. The second kappa shape index (κ2) is 11.4. The maximum absolute atomic E-state index is 14.1. The number of hydrogen-bond acceptors (Lipinski definition) is 15. The van der Waals surface area contributed by atoms with Gasteiger partial charge in [0, 0.05) is 17.4 Å². The number of likely N-dealkylation sites (N-methyl/N-ethyl adjacent to an activating group) is 1. The zero-order valence-electron chi connectivity index (χ0n) is 24.6. The largest absolute Gasteiger partial charge is 0.508 e. The van der Waals surface area contributed by atoms with E-state index in [-0.39, 0.29) is 17.5 Å². The van der Waals surface area contributed by atoms with Crippen LogP contribution in [0.25, 0.3) is 5.76 Å². The van der Waals surface area contributed by atoms with Crippen LogP contribution in [-0.2, 0) is 24.7 Å². The second-order valence-electron chi connectivity index (χ2n) is 12.2. The van der Waals surface area contributed by atoms with Crippen LogP contribution in [0, 0.1) is 11.8 Å². The first-order chi connectivity index (χ1) is 21.0. The molecule has 3 unspecified atom stereocenters. The Morgan fingerprint density at radius 1 is 1.09 bits per heavy atom. The average Bonchev–Trinajstić information content (AvgIpc) is 2.97. The number of phenols is 1. The molecule has 0 aromatic heterocycles. The van der Waals surface area contributed by atoms with E-state index in [2.05, 4.69) is 10.6 Å². The van der Waals surface area contributed by atoms with E-state index in [0.29, 0.717) is 0 Å². The van der Waals surface area contributed by atoms with E-state index < -0.39 is 119 Å². The van der Waals surface area contributed by atoms with Gasteiger partial charge in [0.15, 0.2) is 17.7 Å². The van der Waals surface area contributed by atoms with Gasteiger partial charge in [-0.25, -0.2) is 0 Å². The maximum Gasteiger partial charge on any atom is 0.259 e. The van der Waals surface area contributed by atoms with Crippen LogP contribution in [0.2, 0.25) is 0 Å². The predicted molar refractivity (Wildman–Crippen MR) is 151 cm³/mol. The molecule has 5 rings (SSSR count). The minimum Gasteiger partial charge on any atom is -0.508 e. The normalized spacial score (nSPS) is 38.2. The summed E-state index contributed by atoms with van der Waals surface area (Å²) in [6, 6.07) is 1.41. The van der Waals surface area contributed by atoms with Crippen molar-refractivity contribution in [3.63, 3.8) is 0 Å². The lowest BCUT2D eigenvalue weighted by Crippen LogP contribution is -2.67. The van der Waals surface area contributed by atoms with Gasteiger partial charge in [-0.15, -0.1) is 0 Å². The molecule has 246 valence electrons. The highest BCUT2D eigenvalue weighted by Gasteiger charge is 2.66. The first-order valence-corrected chi connectivity index (χ1v) is 14.2. The fourth-order valence-electron chi connectivity index (χ4n) is 7.14. The summed E-state index contributed by atoms with van der Waals surface area (Å²) in [6.45, 7) is 0.104. The highest BCUT2D eigenvalue weighted by Crippen LogP contribution is 2.57. The van der Waals surface area contributed by atoms with Crippen LogP contribution in [0.1, 0.15) is 24.5 Å². The van der Waals surface area contributed by atoms with Crippen LogP contribution in [0.4, 0.5) is 0 Å². The van der Waals surface area contributed by atoms with E-state index in [1.807, 2.05) is 0 Å². The van der Waals surface area contributed by atoms with E-state index in [9.17, 15) is 60.3 Å². The fraction of sp³-hybridized carbons (Fsp3) is 0.552. The Morgan fingerprint density at radius 2 is 1.76 bits per heavy atom. The lowest BCUT2D eigenvalue weighted by Gasteiger charge is -2.53. The Kier molecular flexibility index (Phi) is 8.35. The minimum atomic E-state index is -2.91. The summed E-state index contributed by atoms with van der Waals surface area (Å²) in [7, 11) is 2.91. The zero-order valence-corrected chi connectivity index (χ0v) is 24.6. The second-order valence-corrected chi connectivity index (χ2v) is 12.2. The summed E-state index contributed by atoms with van der Waals surface area (Å²) in [4.78, 5) is 42.6. The molecule has 0 bridgehead atoms. The van der Waals surface area contributed by atoms with Gasteiger partial charge in [0.25, 0.3) is 5.91 Å². The number of hydrogen-bond donors (Lipinski definition) is 11. The summed E-state index contributed by atoms with van der Waals surface area (Å²) in [5.41, 5.74) is -6.35. The summed E-state index contributed by atoms with van der Waals surface area (Å²) >= 11 is 0. The van der Waals surface area contributed by atoms with Gasteiger partial charge in [-0.2, -0.15) is 0 Å². The van der Waals surface area contributed by atoms with Crippen LogP contribution in [0.3, 0.4) is 0 Å². The van der Waals surface area contributed by atoms with Crippen molar-refractivity contribution < 1.29 is 65.1 Å². The third-order valence-electron chi connectivity index (χ3n) is 9.49. The van der Waals surface area contributed by atoms with Gasteiger partial charge in [0.1, 0.15) is 41.2 Å². The Bertz CT molecular complexity index is 1490. The molecule has 10 atom stereocenters. The number of rotatable bonds is 6. The summed E-state index contributed by atoms with van der Waals surface area (Å²) in [5, 5.41) is 101. The number of phenolic OH excluding ortho intramolecular Hbond substituents is 1. The molecular weight excluding hydrogens is 598 g/mol. The number of Topliss-reactive ketones (excluding diaryl/α,β-unsaturated/α-hetero) is 2. The van der Waals surface area contributed by atoms with E-state index in [1.54, 1.807) is 0 Å². The summed E-state index contributed by atoms with van der Waals surface area (Å²) in [5.74, 6) is -8.49. The maximum atomic E-state index is 14.1. The third-order valence-corrected chi connectivity index (χ3v) is 9.49. The van der Waals surface area contributed by atoms with Crippen molar-refractivity contribution in [3.8, 4) is 5.75 Å². The van der Waals surface area contributed by atoms with Crippen molar-refractivity contribution in [2.45, 2.75) is 61.2 Å². The smallest absolute Gasteiger partial charge is 0.259 e. The van der Waals surface area contributed by atoms with Gasteiger partial charge < -0.3 is 56.0 Å². The number of ketones is 2. The molecule has 2 fully saturated rings. The number of carbonyl (C=O) groups is 3. The highest BCUT2D eigenvalue weighted by molar-refractivity contribution is 6.25. The third kappa shape index (κ3) is 4.76. The van der Waals surface area contributed by atoms with E-state index in [0.717, 1.165) is 0 Å². The van der Waals surface area contributed by atoms with E-state index >= 15 is 0 Å². The van der Waals surface area contributed by atoms with Gasteiger partial charge in [-0.1, -0.05) is 12.1 Å². The Labute approximate surface area is 256 Å². The zero-order chi connectivity index (χ0) is 33.3. The molecule has 16 heteroatoms. The molecule has 45 heavy (non-hydrogen) atoms. The first-order valence-electron chi connectivity index (χ1n) is 14.2. The molecule has 1 saturated carbocycles. The highest BCUT2D eigenvalue weighted by atomic mass is 16.6. The van der Waals surface area contributed by atoms with Crippen molar-refractivity contribution in [1.82, 2.24) is 15.5 Å². The van der Waals surface area contributed by atoms with Crippen LogP contribution in [0.15, 0.2) is 35.1 Å². The molecule has 1 aromatic rings. The van der Waals surface area contributed by atoms with Gasteiger partial charge >= 0.3 is 0 Å². The van der Waals surface area contributed by atoms with Gasteiger partial charge in [-0.3, -0.25) is 24.6 Å². The Morgan fingerprint density at radius 3 is 2.38 bits per heavy atom. The molecule has 1 aliphatic heterocycles. The number of amides is 1. The van der Waals surface area contributed by atoms with Crippen LogP contribution in [-0.4, -0.2) is 138 Å². The lowest BCUT2D eigenvalue weighted by molar-refractivity contribution is -0.254. The summed E-state index contributed by atoms with van der Waals surface area (Å²) < 4.78 is 5.04. The van der Waals surface area contributed by atoms with E-state index in [4.69, 9.17) is 4.74 Å². The number of aliphatic hydroxyl groups excluding tert-OH is 6. The van der Waals surface area contributed by atoms with Crippen molar-refractivity contribution in [3.05, 3.63) is 46.2 Å². The quantitative estimate of drug-likeness (QED) is 0.107. The molecule has 3 aliphatic carbocycles. The number of nitrogens with one attached hydrogen (secondary N) is 2. The molecule has 1 aromatic carbocycles. The Hall–Kier alpha value is -3.45. The number of aromatic hydroxyl groups is 1. The number of benzene rings is 1. The first kappa shape index (κ1) is 32.9. The van der Waals surface area contributed by atoms with E-state index in [1.165, 1.54) is 44.1 Å². The van der Waals surface area contributed by atoms with Crippen molar-refractivity contribution in [1.29, 1.82) is 0 Å². The van der Waals surface area contributed by atoms with Gasteiger partial charge in [0.05, 0.1) is 36.5 Å². The number of nitrogens with zero attached hydrogens (tertiary/aromatic N) is 1. The van der Waals surface area contributed by atoms with Crippen LogP contribution >= 0.6 is 0 Å². The van der Waals surface area contributed by atoms with Gasteiger partial charge in [0.2, 0.25) is 5.78 Å². The summed E-state index contributed by atoms with van der Waals surface area (Å²) in [6.07, 6.45) is -6.52. The fourth-order valence-corrected chi connectivity index (χ4v) is 7.14. The standard InChI is InChI=1S/C29H37N3O13/c1-28(43)10-5-4-6-13(34)15(10)21(36)16-11(28)7-12-19(32(2)3)22(37)17(25(40)29(12,44)24(16)39)26(41)31-9-30-18-23(38)20(35)14(8-33)45-27(18)42/h4-6,11-12,14,18-20,23,27,30,33-36,38,40,42-44H,7-9H2,1-3H3,(H,31,41)/t11?,12?,14-,18-,19+,20-,23-,27+,28?,29+/m0/s1. The molecular formula is C29H37N3O13. The molecule has 4 aliphatic rings. The number of fused-ring (bicyclic) bond motifs is 3. The molecule has 11 N–H and O–H groups in total. The minimum absolute atomic E-state index is 0.112. The number of ether oxygens (including phenoxy) is 1. The van der Waals surface area contributed by atoms with Crippen molar-refractivity contribution in [2.75, 3.05) is 27.4 Å². The molecule has 16 nitrogen and oxygen atoms in total. The molecule has 1 amide bonds. The monoisotopic (exact) mass is 635 g/mol. The van der Waals surface area contributed by atoms with Crippen molar-refractivity contribution in [2.24, 2.45) is 11.8 Å². The van der Waals surface area contributed by atoms with Crippen LogP contribution in [0.5, 0.6) is 5.75 Å². The van der Waals surface area contributed by atoms with Crippen LogP contribution < -0.4 is 10.6 Å². The molecule has 1 heterocycles. The Balaban J connectivity index is 1.50. The predicted octanol–water partition coefficient (Wildman–Crippen LogP) is -3.39. The van der Waals surface area contributed by atoms with Gasteiger partial charge in [-0.05, 0) is 39.1 Å². The number of aliphatic hydroxyl groups is 8.